The van der Waals surface area contributed by atoms with Gasteiger partial charge in [0.2, 0.25) is 0 Å². The van der Waals surface area contributed by atoms with Gasteiger partial charge in [-0.05, 0) is 47.5 Å². The fourth-order valence-corrected chi connectivity index (χ4v) is 3.70. The van der Waals surface area contributed by atoms with Gasteiger partial charge in [-0.1, -0.05) is 83.9 Å². The minimum absolute atomic E-state index is 0. The topological polar surface area (TPSA) is 80.3 Å². The first kappa shape index (κ1) is 29.1. The second-order valence-electron chi connectivity index (χ2n) is 7.62. The SMILES string of the molecule is O=C(Cc1cccc(Oc2ccccc2)c1Cl)OOOC(=O)Cc1cccc(Oc2ccccc2)c1Cl.[AlH3]. The molecule has 194 valence electrons. The quantitative estimate of drug-likeness (QED) is 0.130. The summed E-state index contributed by atoms with van der Waals surface area (Å²) in [6, 6.07) is 28.1. The Hall–Kier alpha value is -3.51. The number of halogens is 2. The second kappa shape index (κ2) is 14.4. The van der Waals surface area contributed by atoms with E-state index < -0.39 is 11.9 Å². The van der Waals surface area contributed by atoms with Crippen LogP contribution in [-0.2, 0) is 37.2 Å². The molecule has 38 heavy (non-hydrogen) atoms. The normalized spacial score (nSPS) is 10.2. The smallest absolute Gasteiger partial charge is 0.351 e. The molecule has 0 spiro atoms. The fraction of sp³-hybridized carbons (Fsp3) is 0.0714. The molecule has 0 saturated carbocycles. The molecule has 0 bridgehead atoms. The third kappa shape index (κ3) is 8.25. The molecule has 10 heteroatoms. The maximum atomic E-state index is 12.2. The van der Waals surface area contributed by atoms with Crippen molar-refractivity contribution in [2.75, 3.05) is 0 Å². The van der Waals surface area contributed by atoms with E-state index in [0.29, 0.717) is 34.1 Å². The summed E-state index contributed by atoms with van der Waals surface area (Å²) < 4.78 is 11.5. The standard InChI is InChI=1S/C28H20Cl2O7.Al.3H/c29-27-19(9-7-15-23(27)33-21-11-3-1-4-12-21)17-25(31)35-37-36-26(32)18-20-10-8-16-24(28(20)30)34-22-13-5-2-6-14-22;;;;/h1-16H,17-18H2;;;;. The van der Waals surface area contributed by atoms with Crippen LogP contribution < -0.4 is 9.47 Å². The zero-order chi connectivity index (χ0) is 26.0. The van der Waals surface area contributed by atoms with E-state index >= 15 is 0 Å². The van der Waals surface area contributed by atoms with E-state index in [4.69, 9.17) is 32.7 Å². The van der Waals surface area contributed by atoms with Crippen molar-refractivity contribution in [3.8, 4) is 23.0 Å². The van der Waals surface area contributed by atoms with Gasteiger partial charge in [-0.2, -0.15) is 0 Å². The van der Waals surface area contributed by atoms with E-state index in [2.05, 4.69) is 14.8 Å². The molecule has 0 aliphatic rings. The highest BCUT2D eigenvalue weighted by molar-refractivity contribution is 6.33. The summed E-state index contributed by atoms with van der Waals surface area (Å²) in [5, 5.41) is 4.87. The Morgan fingerprint density at radius 1 is 0.553 bits per heavy atom. The first-order valence-electron chi connectivity index (χ1n) is 11.1. The molecule has 0 heterocycles. The van der Waals surface area contributed by atoms with E-state index in [1.54, 1.807) is 60.7 Å². The Kier molecular flexibility index (Phi) is 11.0. The van der Waals surface area contributed by atoms with Gasteiger partial charge in [-0.15, -0.1) is 0 Å². The molecule has 0 aliphatic heterocycles. The summed E-state index contributed by atoms with van der Waals surface area (Å²) in [5.74, 6) is 0.278. The van der Waals surface area contributed by atoms with Crippen LogP contribution in [0.1, 0.15) is 11.1 Å². The highest BCUT2D eigenvalue weighted by Gasteiger charge is 2.17. The number of benzene rings is 4. The highest BCUT2D eigenvalue weighted by Crippen LogP contribution is 2.33. The van der Waals surface area contributed by atoms with E-state index in [9.17, 15) is 9.59 Å². The zero-order valence-corrected chi connectivity index (χ0v) is 20.8. The Morgan fingerprint density at radius 3 is 1.34 bits per heavy atom. The Bertz CT molecular complexity index is 1260. The number of rotatable bonds is 10. The van der Waals surface area contributed by atoms with Crippen LogP contribution in [0.5, 0.6) is 23.0 Å². The minimum Gasteiger partial charge on any atom is -0.456 e. The maximum absolute atomic E-state index is 12.2. The second-order valence-corrected chi connectivity index (χ2v) is 8.38. The van der Waals surface area contributed by atoms with Gasteiger partial charge in [0.15, 0.2) is 17.4 Å². The summed E-state index contributed by atoms with van der Waals surface area (Å²) in [6.07, 6.45) is -0.486. The number of hydrogen-bond acceptors (Lipinski definition) is 7. The molecule has 0 fully saturated rings. The summed E-state index contributed by atoms with van der Waals surface area (Å²) in [6.45, 7) is 0. The Morgan fingerprint density at radius 2 is 0.947 bits per heavy atom. The first-order valence-corrected chi connectivity index (χ1v) is 11.8. The number of carbonyl (C=O) groups excluding carboxylic acids is 2. The molecule has 0 unspecified atom stereocenters. The van der Waals surface area contributed by atoms with Crippen LogP contribution in [-0.4, -0.2) is 29.3 Å². The van der Waals surface area contributed by atoms with Crippen molar-refractivity contribution in [2.45, 2.75) is 12.8 Å². The molecule has 0 saturated heterocycles. The van der Waals surface area contributed by atoms with Crippen molar-refractivity contribution in [1.29, 1.82) is 0 Å². The lowest BCUT2D eigenvalue weighted by molar-refractivity contribution is -0.459. The average Bonchev–Trinajstić information content (AvgIpc) is 2.90. The van der Waals surface area contributed by atoms with Crippen molar-refractivity contribution in [2.24, 2.45) is 0 Å². The van der Waals surface area contributed by atoms with Crippen LogP contribution in [0.3, 0.4) is 0 Å². The molecular formula is C28H23AlCl2O7. The Balaban J connectivity index is 0.00000400. The third-order valence-corrected chi connectivity index (χ3v) is 5.81. The molecule has 0 atom stereocenters. The van der Waals surface area contributed by atoms with Gasteiger partial charge in [-0.3, -0.25) is 9.78 Å². The van der Waals surface area contributed by atoms with Gasteiger partial charge >= 0.3 is 11.9 Å². The van der Waals surface area contributed by atoms with E-state index in [1.165, 1.54) is 0 Å². The van der Waals surface area contributed by atoms with Gasteiger partial charge in [0.1, 0.15) is 23.0 Å². The molecule has 7 nitrogen and oxygen atoms in total. The van der Waals surface area contributed by atoms with Crippen molar-refractivity contribution in [3.63, 3.8) is 0 Å². The number of hydrogen-bond donors (Lipinski definition) is 0. The van der Waals surface area contributed by atoms with Gasteiger partial charge < -0.3 is 9.47 Å². The lowest BCUT2D eigenvalue weighted by atomic mass is 10.1. The first-order chi connectivity index (χ1) is 18.0. The van der Waals surface area contributed by atoms with Crippen LogP contribution in [0.2, 0.25) is 10.0 Å². The molecular weight excluding hydrogens is 546 g/mol. The largest absolute Gasteiger partial charge is 0.456 e. The molecule has 4 aromatic rings. The predicted octanol–water partition coefficient (Wildman–Crippen LogP) is 6.11. The minimum atomic E-state index is -0.831. The van der Waals surface area contributed by atoms with Crippen molar-refractivity contribution < 1.29 is 33.9 Å². The number of carbonyl (C=O) groups is 2. The molecule has 0 aliphatic carbocycles. The predicted molar refractivity (Wildman–Crippen MR) is 147 cm³/mol. The van der Waals surface area contributed by atoms with E-state index in [1.807, 2.05) is 36.4 Å². The van der Waals surface area contributed by atoms with Crippen molar-refractivity contribution >= 4 is 52.5 Å². The monoisotopic (exact) mass is 568 g/mol. The lowest BCUT2D eigenvalue weighted by Gasteiger charge is -2.11. The maximum Gasteiger partial charge on any atom is 0.351 e. The molecule has 0 aromatic heterocycles. The highest BCUT2D eigenvalue weighted by atomic mass is 35.5. The zero-order valence-electron chi connectivity index (χ0n) is 19.3. The van der Waals surface area contributed by atoms with Crippen molar-refractivity contribution in [1.82, 2.24) is 0 Å². The van der Waals surface area contributed by atoms with Gasteiger partial charge in [0.05, 0.1) is 22.9 Å². The summed E-state index contributed by atoms with van der Waals surface area (Å²) in [5.41, 5.74) is 0.883. The van der Waals surface area contributed by atoms with Crippen LogP contribution >= 0.6 is 23.2 Å². The van der Waals surface area contributed by atoms with Gasteiger partial charge in [0, 0.05) is 5.04 Å². The summed E-state index contributed by atoms with van der Waals surface area (Å²) >= 11 is 12.7. The van der Waals surface area contributed by atoms with Crippen LogP contribution in [0, 0.1) is 0 Å². The molecule has 4 rings (SSSR count). The lowest BCUT2D eigenvalue weighted by Crippen LogP contribution is -2.14. The van der Waals surface area contributed by atoms with Gasteiger partial charge in [-0.25, -0.2) is 9.59 Å². The molecule has 0 N–H and O–H groups in total. The number of para-hydroxylation sites is 2. The van der Waals surface area contributed by atoms with Crippen LogP contribution in [0.25, 0.3) is 0 Å². The van der Waals surface area contributed by atoms with E-state index in [-0.39, 0.29) is 40.2 Å². The molecule has 0 radical (unpaired) electrons. The van der Waals surface area contributed by atoms with Crippen molar-refractivity contribution in [3.05, 3.63) is 118 Å². The van der Waals surface area contributed by atoms with Gasteiger partial charge in [0.25, 0.3) is 0 Å². The summed E-state index contributed by atoms with van der Waals surface area (Å²) in [4.78, 5) is 33.5. The average molecular weight is 569 g/mol. The Labute approximate surface area is 239 Å². The van der Waals surface area contributed by atoms with E-state index in [0.717, 1.165) is 0 Å². The third-order valence-electron chi connectivity index (χ3n) is 4.95. The molecule has 0 amide bonds. The summed E-state index contributed by atoms with van der Waals surface area (Å²) in [7, 11) is 0. The fourth-order valence-electron chi connectivity index (χ4n) is 3.24. The van der Waals surface area contributed by atoms with Crippen LogP contribution in [0.15, 0.2) is 97.1 Å². The van der Waals surface area contributed by atoms with Crippen LogP contribution in [0.4, 0.5) is 0 Å². The number of ether oxygens (including phenoxy) is 2. The molecule has 4 aromatic carbocycles.